The zero-order chi connectivity index (χ0) is 14.7. The normalized spacial score (nSPS) is 10.2. The fourth-order valence-electron chi connectivity index (χ4n) is 1.77. The lowest BCUT2D eigenvalue weighted by Gasteiger charge is -2.13. The highest BCUT2D eigenvalue weighted by Gasteiger charge is 2.16. The topological polar surface area (TPSA) is 51.2 Å². The van der Waals surface area contributed by atoms with Crippen LogP contribution in [0.25, 0.3) is 0 Å². The van der Waals surface area contributed by atoms with Crippen LogP contribution in [0.3, 0.4) is 0 Å². The first kappa shape index (κ1) is 14.5. The highest BCUT2D eigenvalue weighted by Crippen LogP contribution is 2.32. The summed E-state index contributed by atoms with van der Waals surface area (Å²) >= 11 is 3.35. The van der Waals surface area contributed by atoms with Crippen molar-refractivity contribution in [1.82, 2.24) is 4.98 Å². The maximum absolute atomic E-state index is 13.5. The number of carbonyl (C=O) groups excluding carboxylic acids is 1. The average molecular weight is 339 g/mol. The molecule has 0 fully saturated rings. The lowest BCUT2D eigenvalue weighted by atomic mass is 10.1. The Balaban J connectivity index is 2.35. The highest BCUT2D eigenvalue weighted by molar-refractivity contribution is 9.10. The van der Waals surface area contributed by atoms with Gasteiger partial charge in [0.05, 0.1) is 18.4 Å². The van der Waals surface area contributed by atoms with E-state index in [1.807, 2.05) is 13.0 Å². The molecule has 0 bridgehead atoms. The number of pyridine rings is 1. The third kappa shape index (κ3) is 2.96. The Labute approximate surface area is 124 Å². The molecule has 2 aromatic rings. The minimum atomic E-state index is -0.807. The minimum absolute atomic E-state index is 0.114. The van der Waals surface area contributed by atoms with Gasteiger partial charge in [-0.25, -0.2) is 4.98 Å². The Morgan fingerprint density at radius 1 is 1.45 bits per heavy atom. The smallest absolute Gasteiger partial charge is 0.260 e. The van der Waals surface area contributed by atoms with Gasteiger partial charge in [0.2, 0.25) is 5.95 Å². The summed E-state index contributed by atoms with van der Waals surface area (Å²) in [4.78, 5) is 15.5. The number of aryl methyl sites for hydroxylation is 1. The summed E-state index contributed by atoms with van der Waals surface area (Å²) in [6.07, 6.45) is 1.29. The van der Waals surface area contributed by atoms with Crippen LogP contribution in [0.1, 0.15) is 15.9 Å². The van der Waals surface area contributed by atoms with Gasteiger partial charge >= 0.3 is 0 Å². The molecule has 0 atom stereocenters. The number of carbonyl (C=O) groups is 1. The number of anilines is 1. The molecule has 1 aromatic heterocycles. The number of methoxy groups -OCH3 is 1. The van der Waals surface area contributed by atoms with Gasteiger partial charge < -0.3 is 10.1 Å². The van der Waals surface area contributed by atoms with Crippen molar-refractivity contribution in [2.75, 3.05) is 12.4 Å². The van der Waals surface area contributed by atoms with Crippen molar-refractivity contribution < 1.29 is 13.9 Å². The van der Waals surface area contributed by atoms with Gasteiger partial charge in [-0.2, -0.15) is 4.39 Å². The molecule has 1 aromatic carbocycles. The Hall–Kier alpha value is -1.95. The van der Waals surface area contributed by atoms with Gasteiger partial charge in [0.15, 0.2) is 0 Å². The van der Waals surface area contributed by atoms with Crippen molar-refractivity contribution in [2.45, 2.75) is 6.92 Å². The predicted molar refractivity (Wildman–Crippen MR) is 77.6 cm³/mol. The number of nitrogens with one attached hydrogen (secondary N) is 1. The molecule has 6 heteroatoms. The van der Waals surface area contributed by atoms with E-state index in [0.29, 0.717) is 11.4 Å². The number of nitrogens with zero attached hydrogens (tertiary/aromatic N) is 1. The first-order valence-corrected chi connectivity index (χ1v) is 6.58. The number of amides is 1. The van der Waals surface area contributed by atoms with Gasteiger partial charge in [-0.15, -0.1) is 0 Å². The Bertz CT molecular complexity index is 662. The summed E-state index contributed by atoms with van der Waals surface area (Å²) in [6.45, 7) is 1.82. The molecule has 4 nitrogen and oxygen atoms in total. The van der Waals surface area contributed by atoms with Gasteiger partial charge in [0.1, 0.15) is 5.75 Å². The first-order chi connectivity index (χ1) is 9.52. The van der Waals surface area contributed by atoms with E-state index in [1.165, 1.54) is 25.4 Å². The van der Waals surface area contributed by atoms with Crippen LogP contribution in [-0.2, 0) is 0 Å². The zero-order valence-corrected chi connectivity index (χ0v) is 12.5. The van der Waals surface area contributed by atoms with Crippen LogP contribution in [0.4, 0.5) is 10.1 Å². The van der Waals surface area contributed by atoms with Crippen molar-refractivity contribution in [2.24, 2.45) is 0 Å². The Kier molecular flexibility index (Phi) is 4.34. The molecule has 0 unspecified atom stereocenters. The molecular weight excluding hydrogens is 327 g/mol. The summed E-state index contributed by atoms with van der Waals surface area (Å²) in [5, 5.41) is 2.65. The predicted octanol–water partition coefficient (Wildman–Crippen LogP) is 3.55. The molecule has 0 aliphatic heterocycles. The molecular formula is C14H12BrFN2O2. The van der Waals surface area contributed by atoms with Crippen LogP contribution < -0.4 is 10.1 Å². The number of hydrogen-bond donors (Lipinski definition) is 1. The third-order valence-corrected chi connectivity index (χ3v) is 3.18. The van der Waals surface area contributed by atoms with E-state index in [1.54, 1.807) is 6.07 Å². The summed E-state index contributed by atoms with van der Waals surface area (Å²) < 4.78 is 19.5. The number of rotatable bonds is 3. The molecule has 0 saturated heterocycles. The highest BCUT2D eigenvalue weighted by atomic mass is 79.9. The van der Waals surface area contributed by atoms with Crippen molar-refractivity contribution in [3.05, 3.63) is 52.0 Å². The average Bonchev–Trinajstić information content (AvgIpc) is 2.41. The van der Waals surface area contributed by atoms with Crippen LogP contribution in [0, 0.1) is 12.9 Å². The summed E-state index contributed by atoms with van der Waals surface area (Å²) in [6, 6.07) is 6.43. The van der Waals surface area contributed by atoms with E-state index in [9.17, 15) is 9.18 Å². The van der Waals surface area contributed by atoms with E-state index >= 15 is 0 Å². The molecule has 0 aliphatic carbocycles. The lowest BCUT2D eigenvalue weighted by Crippen LogP contribution is -2.15. The van der Waals surface area contributed by atoms with E-state index in [2.05, 4.69) is 26.2 Å². The maximum atomic E-state index is 13.5. The largest absolute Gasteiger partial charge is 0.495 e. The summed E-state index contributed by atoms with van der Waals surface area (Å²) in [7, 11) is 1.50. The van der Waals surface area contributed by atoms with E-state index in [0.717, 1.165) is 10.0 Å². The molecule has 104 valence electrons. The quantitative estimate of drug-likeness (QED) is 0.870. The van der Waals surface area contributed by atoms with Crippen LogP contribution in [-0.4, -0.2) is 18.0 Å². The molecule has 1 heterocycles. The second-order valence-corrected chi connectivity index (χ2v) is 5.01. The molecule has 0 saturated carbocycles. The van der Waals surface area contributed by atoms with Crippen LogP contribution in [0.2, 0.25) is 0 Å². The van der Waals surface area contributed by atoms with Gasteiger partial charge in [-0.05, 0) is 36.8 Å². The fourth-order valence-corrected chi connectivity index (χ4v) is 2.32. The van der Waals surface area contributed by atoms with Gasteiger partial charge in [0.25, 0.3) is 5.91 Å². The second-order valence-electron chi connectivity index (χ2n) is 4.10. The Morgan fingerprint density at radius 3 is 2.85 bits per heavy atom. The summed E-state index contributed by atoms with van der Waals surface area (Å²) in [5.74, 6) is -0.882. The van der Waals surface area contributed by atoms with Gasteiger partial charge in [0, 0.05) is 10.7 Å². The van der Waals surface area contributed by atoms with Crippen LogP contribution in [0.15, 0.2) is 34.9 Å². The molecule has 0 spiro atoms. The van der Waals surface area contributed by atoms with Crippen LogP contribution >= 0.6 is 15.9 Å². The second kappa shape index (κ2) is 6.00. The molecule has 0 radical (unpaired) electrons. The summed E-state index contributed by atoms with van der Waals surface area (Å²) in [5.41, 5.74) is 1.19. The molecule has 2 rings (SSSR count). The van der Waals surface area contributed by atoms with Crippen molar-refractivity contribution in [1.29, 1.82) is 0 Å². The SMILES string of the molecule is COc1cc(Br)cc(C)c1NC(=O)c1cccnc1F. The molecule has 20 heavy (non-hydrogen) atoms. The molecule has 1 N–H and O–H groups in total. The standard InChI is InChI=1S/C14H12BrFN2O2/c1-8-6-9(15)7-11(20-2)12(8)18-14(19)10-4-3-5-17-13(10)16/h3-7H,1-2H3,(H,18,19). The minimum Gasteiger partial charge on any atom is -0.495 e. The number of hydrogen-bond acceptors (Lipinski definition) is 3. The zero-order valence-electron chi connectivity index (χ0n) is 10.9. The third-order valence-electron chi connectivity index (χ3n) is 2.73. The first-order valence-electron chi connectivity index (χ1n) is 5.79. The van der Waals surface area contributed by atoms with Crippen LogP contribution in [0.5, 0.6) is 5.75 Å². The van der Waals surface area contributed by atoms with E-state index in [-0.39, 0.29) is 5.56 Å². The van der Waals surface area contributed by atoms with E-state index < -0.39 is 11.9 Å². The number of halogens is 2. The monoisotopic (exact) mass is 338 g/mol. The van der Waals surface area contributed by atoms with Gasteiger partial charge in [-0.3, -0.25) is 4.79 Å². The lowest BCUT2D eigenvalue weighted by molar-refractivity contribution is 0.102. The molecule has 0 aliphatic rings. The maximum Gasteiger partial charge on any atom is 0.260 e. The fraction of sp³-hybridized carbons (Fsp3) is 0.143. The Morgan fingerprint density at radius 2 is 2.20 bits per heavy atom. The van der Waals surface area contributed by atoms with E-state index in [4.69, 9.17) is 4.74 Å². The van der Waals surface area contributed by atoms with Crippen molar-refractivity contribution >= 4 is 27.5 Å². The number of benzene rings is 1. The number of ether oxygens (including phenoxy) is 1. The van der Waals surface area contributed by atoms with Gasteiger partial charge in [-0.1, -0.05) is 15.9 Å². The van der Waals surface area contributed by atoms with Crippen molar-refractivity contribution in [3.63, 3.8) is 0 Å². The van der Waals surface area contributed by atoms with Crippen molar-refractivity contribution in [3.8, 4) is 5.75 Å². The molecule has 1 amide bonds. The number of aromatic nitrogens is 1.